The van der Waals surface area contributed by atoms with Crippen LogP contribution in [-0.4, -0.2) is 5.97 Å². The molecule has 0 heterocycles. The molecule has 0 spiro atoms. The van der Waals surface area contributed by atoms with Crippen LogP contribution < -0.4 is 5.11 Å². The topological polar surface area (TPSA) is 40.1 Å². The molecule has 1 aromatic rings. The molecule has 0 aliphatic carbocycles. The summed E-state index contributed by atoms with van der Waals surface area (Å²) < 4.78 is 0. The number of carboxylic acid groups (broad SMARTS) is 1. The summed E-state index contributed by atoms with van der Waals surface area (Å²) in [7, 11) is 0. The van der Waals surface area contributed by atoms with Crippen molar-refractivity contribution < 1.29 is 9.90 Å². The second-order valence-electron chi connectivity index (χ2n) is 3.10. The van der Waals surface area contributed by atoms with Gasteiger partial charge < -0.3 is 9.90 Å². The first-order chi connectivity index (χ1) is 7.52. The Morgan fingerprint density at radius 1 is 1.19 bits per heavy atom. The van der Waals surface area contributed by atoms with Crippen molar-refractivity contribution in [3.8, 4) is 0 Å². The first-order valence-corrected chi connectivity index (χ1v) is 4.73. The van der Waals surface area contributed by atoms with E-state index in [1.807, 2.05) is 36.4 Å². The van der Waals surface area contributed by atoms with E-state index < -0.39 is 5.97 Å². The minimum Gasteiger partial charge on any atom is -0.545 e. The largest absolute Gasteiger partial charge is 0.545 e. The van der Waals surface area contributed by atoms with Crippen LogP contribution in [0.1, 0.15) is 18.1 Å². The average molecular weight is 215 g/mol. The molecule has 0 aliphatic rings. The van der Waals surface area contributed by atoms with Gasteiger partial charge in [-0.1, -0.05) is 56.2 Å². The van der Waals surface area contributed by atoms with Crippen LogP contribution in [0.5, 0.6) is 0 Å². The molecule has 84 valence electrons. The van der Waals surface area contributed by atoms with Crippen molar-refractivity contribution in [1.82, 2.24) is 0 Å². The van der Waals surface area contributed by atoms with E-state index in [9.17, 15) is 9.90 Å². The van der Waals surface area contributed by atoms with E-state index >= 15 is 0 Å². The molecule has 16 heavy (non-hydrogen) atoms. The lowest BCUT2D eigenvalue weighted by atomic mass is 10.1. The van der Waals surface area contributed by atoms with E-state index in [0.717, 1.165) is 11.1 Å². The molecule has 0 aliphatic heterocycles. The fourth-order valence-corrected chi connectivity index (χ4v) is 0.883. The maximum Gasteiger partial charge on any atom is 0.0666 e. The summed E-state index contributed by atoms with van der Waals surface area (Å²) in [6.07, 6.45) is 3.66. The summed E-state index contributed by atoms with van der Waals surface area (Å²) in [5.41, 5.74) is 2.34. The van der Waals surface area contributed by atoms with Crippen molar-refractivity contribution in [3.05, 3.63) is 60.7 Å². The molecule has 0 aromatic heterocycles. The average Bonchev–Trinajstić information content (AvgIpc) is 2.29. The van der Waals surface area contributed by atoms with Crippen molar-refractivity contribution >= 4 is 18.1 Å². The van der Waals surface area contributed by atoms with Crippen molar-refractivity contribution in [1.29, 1.82) is 0 Å². The smallest absolute Gasteiger partial charge is 0.0666 e. The summed E-state index contributed by atoms with van der Waals surface area (Å²) in [5.74, 6) is -1.19. The zero-order valence-corrected chi connectivity index (χ0v) is 9.40. The van der Waals surface area contributed by atoms with Crippen LogP contribution in [0, 0.1) is 0 Å². The van der Waals surface area contributed by atoms with Gasteiger partial charge in [0.1, 0.15) is 0 Å². The van der Waals surface area contributed by atoms with Crippen molar-refractivity contribution in [2.75, 3.05) is 0 Å². The molecule has 0 radical (unpaired) electrons. The molecule has 0 N–H and O–H groups in total. The van der Waals surface area contributed by atoms with E-state index in [-0.39, 0.29) is 5.57 Å². The fourth-order valence-electron chi connectivity index (χ4n) is 0.883. The number of benzene rings is 1. The lowest BCUT2D eigenvalue weighted by molar-refractivity contribution is -0.299. The molecule has 0 saturated heterocycles. The number of carboxylic acids is 1. The van der Waals surface area contributed by atoms with Crippen molar-refractivity contribution in [2.24, 2.45) is 0 Å². The molecule has 0 fully saturated rings. The molecule has 0 bridgehead atoms. The highest BCUT2D eigenvalue weighted by Crippen LogP contribution is 2.10. The number of carbonyl (C=O) groups is 1. The van der Waals surface area contributed by atoms with Crippen LogP contribution in [0.3, 0.4) is 0 Å². The number of hydrogen-bond donors (Lipinski definition) is 0. The third kappa shape index (κ3) is 4.96. The molecule has 2 nitrogen and oxygen atoms in total. The Bertz CT molecular complexity index is 364. The summed E-state index contributed by atoms with van der Waals surface area (Å²) in [4.78, 5) is 9.49. The summed E-state index contributed by atoms with van der Waals surface area (Å²) >= 11 is 0. The lowest BCUT2D eigenvalue weighted by Gasteiger charge is -1.96. The quantitative estimate of drug-likeness (QED) is 0.726. The van der Waals surface area contributed by atoms with Gasteiger partial charge in [-0.05, 0) is 23.6 Å². The van der Waals surface area contributed by atoms with Crippen LogP contribution in [0.15, 0.2) is 49.6 Å². The van der Waals surface area contributed by atoms with Crippen molar-refractivity contribution in [3.63, 3.8) is 0 Å². The van der Waals surface area contributed by atoms with E-state index in [0.29, 0.717) is 0 Å². The van der Waals surface area contributed by atoms with Crippen molar-refractivity contribution in [2.45, 2.75) is 6.92 Å². The van der Waals surface area contributed by atoms with Gasteiger partial charge >= 0.3 is 0 Å². The SMILES string of the molecule is C=C(C)C(=O)[O-].C=Cc1ccccc1C=C. The highest BCUT2D eigenvalue weighted by molar-refractivity contribution is 5.82. The predicted molar refractivity (Wildman–Crippen MR) is 66.4 cm³/mol. The summed E-state index contributed by atoms with van der Waals surface area (Å²) in [5, 5.41) is 9.49. The summed E-state index contributed by atoms with van der Waals surface area (Å²) in [6.45, 7) is 11.9. The third-order valence-corrected chi connectivity index (χ3v) is 1.78. The van der Waals surface area contributed by atoms with Gasteiger partial charge in [0.2, 0.25) is 0 Å². The van der Waals surface area contributed by atoms with Gasteiger partial charge in [0, 0.05) is 0 Å². The van der Waals surface area contributed by atoms with Crippen LogP contribution in [-0.2, 0) is 4.79 Å². The van der Waals surface area contributed by atoms with Gasteiger partial charge in [-0.15, -0.1) is 0 Å². The zero-order valence-electron chi connectivity index (χ0n) is 9.40. The van der Waals surface area contributed by atoms with Crippen LogP contribution in [0.2, 0.25) is 0 Å². The second-order valence-corrected chi connectivity index (χ2v) is 3.10. The molecular weight excluding hydrogens is 200 g/mol. The number of aliphatic carboxylic acids is 1. The Morgan fingerprint density at radius 3 is 1.69 bits per heavy atom. The Hall–Kier alpha value is -2.09. The molecule has 0 unspecified atom stereocenters. The van der Waals surface area contributed by atoms with E-state index in [2.05, 4.69) is 19.7 Å². The van der Waals surface area contributed by atoms with Gasteiger partial charge in [-0.25, -0.2) is 0 Å². The Labute approximate surface area is 96.2 Å². The predicted octanol–water partition coefficient (Wildman–Crippen LogP) is 2.29. The lowest BCUT2D eigenvalue weighted by Crippen LogP contribution is -2.22. The van der Waals surface area contributed by atoms with E-state index in [1.165, 1.54) is 6.92 Å². The normalized spacial score (nSPS) is 8.31. The first kappa shape index (κ1) is 13.9. The number of rotatable bonds is 3. The van der Waals surface area contributed by atoms with Gasteiger partial charge in [0.15, 0.2) is 0 Å². The van der Waals surface area contributed by atoms with Gasteiger partial charge in [0.05, 0.1) is 5.97 Å². The van der Waals surface area contributed by atoms with Gasteiger partial charge in [-0.3, -0.25) is 0 Å². The molecule has 0 amide bonds. The maximum absolute atomic E-state index is 9.49. The highest BCUT2D eigenvalue weighted by atomic mass is 16.4. The molecule has 1 aromatic carbocycles. The molecule has 0 atom stereocenters. The fraction of sp³-hybridized carbons (Fsp3) is 0.0714. The highest BCUT2D eigenvalue weighted by Gasteiger charge is 1.89. The summed E-state index contributed by atoms with van der Waals surface area (Å²) in [6, 6.07) is 8.02. The monoisotopic (exact) mass is 215 g/mol. The number of hydrogen-bond acceptors (Lipinski definition) is 2. The number of carbonyl (C=O) groups excluding carboxylic acids is 1. The maximum atomic E-state index is 9.49. The molecule has 1 rings (SSSR count). The van der Waals surface area contributed by atoms with Crippen LogP contribution in [0.25, 0.3) is 12.2 Å². The minimum absolute atomic E-state index is 0.0648. The van der Waals surface area contributed by atoms with Crippen LogP contribution >= 0.6 is 0 Å². The van der Waals surface area contributed by atoms with E-state index in [4.69, 9.17) is 0 Å². The first-order valence-electron chi connectivity index (χ1n) is 4.73. The Balaban J connectivity index is 0.000000325. The second kappa shape index (κ2) is 7.23. The standard InChI is InChI=1S/C10H10.C4H6O2/c1-3-9-7-5-6-8-10(9)4-2;1-3(2)4(5)6/h3-8H,1-2H2;1H2,2H3,(H,5,6)/p-1. The Morgan fingerprint density at radius 2 is 1.50 bits per heavy atom. The zero-order chi connectivity index (χ0) is 12.6. The van der Waals surface area contributed by atoms with E-state index in [1.54, 1.807) is 0 Å². The Kier molecular flexibility index (Phi) is 6.29. The third-order valence-electron chi connectivity index (χ3n) is 1.78. The minimum atomic E-state index is -1.19. The van der Waals surface area contributed by atoms with Gasteiger partial charge in [-0.2, -0.15) is 0 Å². The van der Waals surface area contributed by atoms with Crippen LogP contribution in [0.4, 0.5) is 0 Å². The van der Waals surface area contributed by atoms with Gasteiger partial charge in [0.25, 0.3) is 0 Å². The molecule has 2 heteroatoms. The molecule has 0 saturated carbocycles. The molecular formula is C14H15O2-.